The molecule has 0 spiro atoms. The fraction of sp³-hybridized carbons (Fsp3) is 0.125. The van der Waals surface area contributed by atoms with Gasteiger partial charge in [0, 0.05) is 5.92 Å². The lowest BCUT2D eigenvalue weighted by atomic mass is 9.89. The van der Waals surface area contributed by atoms with Crippen molar-refractivity contribution < 1.29 is 19.4 Å². The Balaban J connectivity index is 2.54. The molecule has 0 N–H and O–H groups in total. The maximum atomic E-state index is 13.0. The van der Waals surface area contributed by atoms with E-state index in [0.29, 0.717) is 18.6 Å². The highest BCUT2D eigenvalue weighted by atomic mass is 32.5. The van der Waals surface area contributed by atoms with Gasteiger partial charge in [-0.1, -0.05) is 68.0 Å². The van der Waals surface area contributed by atoms with Gasteiger partial charge in [-0.05, 0) is 29.7 Å². The second-order valence-corrected chi connectivity index (χ2v) is 7.44. The number of halogens is 5. The first-order valence-corrected chi connectivity index (χ1v) is 8.46. The van der Waals surface area contributed by atoms with Crippen LogP contribution < -0.4 is 0 Å². The molecule has 0 saturated carbocycles. The summed E-state index contributed by atoms with van der Waals surface area (Å²) < 4.78 is 64.8. The molecule has 1 atom stereocenters. The molecule has 6 heteroatoms. The Labute approximate surface area is 126 Å². The maximum absolute atomic E-state index is 13.0. The van der Waals surface area contributed by atoms with Gasteiger partial charge in [0.15, 0.2) is 0 Å². The van der Waals surface area contributed by atoms with Crippen LogP contribution >= 0.6 is 10.2 Å². The molecule has 0 saturated heterocycles. The van der Waals surface area contributed by atoms with Gasteiger partial charge in [-0.25, -0.2) is 0 Å². The van der Waals surface area contributed by atoms with E-state index >= 15 is 0 Å². The average Bonchev–Trinajstić information content (AvgIpc) is 2.43. The van der Waals surface area contributed by atoms with Crippen LogP contribution in [0.5, 0.6) is 0 Å². The van der Waals surface area contributed by atoms with Crippen LogP contribution in [-0.2, 0) is 0 Å². The molecule has 1 unspecified atom stereocenters. The van der Waals surface area contributed by atoms with Gasteiger partial charge < -0.3 is 0 Å². The van der Waals surface area contributed by atoms with Crippen LogP contribution in [0.25, 0.3) is 0 Å². The van der Waals surface area contributed by atoms with Crippen molar-refractivity contribution in [3.8, 4) is 0 Å². The fourth-order valence-electron chi connectivity index (χ4n) is 2.29. The van der Waals surface area contributed by atoms with Crippen LogP contribution in [0.4, 0.5) is 19.4 Å². The van der Waals surface area contributed by atoms with E-state index in [4.69, 9.17) is 0 Å². The second kappa shape index (κ2) is 4.84. The number of benzene rings is 2. The Morgan fingerprint density at radius 2 is 1.45 bits per heavy atom. The summed E-state index contributed by atoms with van der Waals surface area (Å²) in [6.45, 7) is 3.59. The van der Waals surface area contributed by atoms with Crippen molar-refractivity contribution >= 4 is 10.2 Å². The summed E-state index contributed by atoms with van der Waals surface area (Å²) in [6, 6.07) is 12.2. The second-order valence-electron chi connectivity index (χ2n) is 5.03. The number of hydrogen-bond donors (Lipinski definition) is 0. The fourth-order valence-corrected chi connectivity index (χ4v) is 2.98. The van der Waals surface area contributed by atoms with E-state index in [-0.39, 0.29) is 5.56 Å². The van der Waals surface area contributed by atoms with Crippen LogP contribution in [0.2, 0.25) is 0 Å². The minimum Gasteiger partial charge on any atom is -0.103 e. The smallest absolute Gasteiger partial charge is 0.103 e. The first-order valence-electron chi connectivity index (χ1n) is 6.51. The standard InChI is InChI=1S/C16H15F5S/c1-2-7-16(13-8-4-3-5-9-13)14-10-6-11-15(12-14)22(17,18,19,20)21/h2-6,8-12,16H,1,7H2. The molecule has 22 heavy (non-hydrogen) atoms. The maximum Gasteiger partial charge on any atom is 0.310 e. The minimum atomic E-state index is -9.67. The lowest BCUT2D eigenvalue weighted by Crippen LogP contribution is -2.08. The number of allylic oxidation sites excluding steroid dienone is 1. The van der Waals surface area contributed by atoms with Crippen molar-refractivity contribution in [2.24, 2.45) is 0 Å². The Hall–Kier alpha value is -1.82. The topological polar surface area (TPSA) is 0 Å². The summed E-state index contributed by atoms with van der Waals surface area (Å²) in [5.41, 5.74) is 0.943. The lowest BCUT2D eigenvalue weighted by Gasteiger charge is -2.40. The predicted octanol–water partition coefficient (Wildman–Crippen LogP) is 7.05. The van der Waals surface area contributed by atoms with E-state index in [1.54, 1.807) is 36.4 Å². The third kappa shape index (κ3) is 3.88. The quantitative estimate of drug-likeness (QED) is 0.406. The molecule has 2 aromatic rings. The highest BCUT2D eigenvalue weighted by Gasteiger charge is 2.65. The molecule has 120 valence electrons. The normalized spacial score (nSPS) is 16.4. The van der Waals surface area contributed by atoms with Gasteiger partial charge >= 0.3 is 10.2 Å². The van der Waals surface area contributed by atoms with Crippen molar-refractivity contribution in [3.63, 3.8) is 0 Å². The SMILES string of the molecule is C=CCC(c1ccccc1)c1cccc(S(F)(F)(F)(F)F)c1. The zero-order valence-electron chi connectivity index (χ0n) is 11.6. The molecule has 0 fully saturated rings. The Kier molecular flexibility index (Phi) is 3.64. The summed E-state index contributed by atoms with van der Waals surface area (Å²) in [5.74, 6) is -0.446. The molecule has 0 amide bonds. The summed E-state index contributed by atoms with van der Waals surface area (Å²) in [4.78, 5) is -1.86. The first kappa shape index (κ1) is 16.5. The van der Waals surface area contributed by atoms with Crippen LogP contribution in [0.3, 0.4) is 0 Å². The summed E-state index contributed by atoms with van der Waals surface area (Å²) in [6.07, 6.45) is 1.91. The van der Waals surface area contributed by atoms with Gasteiger partial charge in [0.25, 0.3) is 0 Å². The van der Waals surface area contributed by atoms with Gasteiger partial charge in [0.1, 0.15) is 4.90 Å². The average molecular weight is 334 g/mol. The third-order valence-corrected chi connectivity index (χ3v) is 4.46. The first-order chi connectivity index (χ1) is 10.0. The number of rotatable bonds is 5. The minimum absolute atomic E-state index is 0.192. The predicted molar refractivity (Wildman–Crippen MR) is 80.9 cm³/mol. The molecular weight excluding hydrogens is 319 g/mol. The van der Waals surface area contributed by atoms with Gasteiger partial charge in [0.05, 0.1) is 0 Å². The Bertz CT molecular complexity index is 677. The zero-order chi connectivity index (χ0) is 16.5. The molecule has 0 aliphatic rings. The van der Waals surface area contributed by atoms with Crippen LogP contribution in [0.15, 0.2) is 72.1 Å². The van der Waals surface area contributed by atoms with E-state index in [9.17, 15) is 19.4 Å². The van der Waals surface area contributed by atoms with Crippen molar-refractivity contribution in [2.45, 2.75) is 17.2 Å². The largest absolute Gasteiger partial charge is 0.310 e. The van der Waals surface area contributed by atoms with Crippen molar-refractivity contribution in [3.05, 3.63) is 78.4 Å². The molecule has 0 aromatic heterocycles. The molecule has 2 aromatic carbocycles. The van der Waals surface area contributed by atoms with Crippen LogP contribution in [0.1, 0.15) is 23.5 Å². The molecule has 0 heterocycles. The monoisotopic (exact) mass is 334 g/mol. The van der Waals surface area contributed by atoms with E-state index in [2.05, 4.69) is 6.58 Å². The molecule has 0 nitrogen and oxygen atoms in total. The Morgan fingerprint density at radius 1 is 0.864 bits per heavy atom. The summed E-state index contributed by atoms with van der Waals surface area (Å²) in [5, 5.41) is 0. The molecule has 2 rings (SSSR count). The van der Waals surface area contributed by atoms with Crippen molar-refractivity contribution in [1.82, 2.24) is 0 Å². The molecule has 0 radical (unpaired) electrons. The molecule has 0 aliphatic heterocycles. The lowest BCUT2D eigenvalue weighted by molar-refractivity contribution is 0.364. The highest BCUT2D eigenvalue weighted by Crippen LogP contribution is 3.02. The van der Waals surface area contributed by atoms with Gasteiger partial charge in [0.2, 0.25) is 0 Å². The van der Waals surface area contributed by atoms with Gasteiger partial charge in [-0.2, -0.15) is 0 Å². The van der Waals surface area contributed by atoms with Gasteiger partial charge in [-0.15, -0.1) is 6.58 Å². The summed E-state index contributed by atoms with van der Waals surface area (Å²) >= 11 is 0. The molecular formula is C16H15F5S. The zero-order valence-corrected chi connectivity index (χ0v) is 12.4. The van der Waals surface area contributed by atoms with Crippen molar-refractivity contribution in [2.75, 3.05) is 0 Å². The van der Waals surface area contributed by atoms with E-state index in [0.717, 1.165) is 11.6 Å². The Morgan fingerprint density at radius 3 is 2.00 bits per heavy atom. The van der Waals surface area contributed by atoms with Crippen LogP contribution in [0, 0.1) is 0 Å². The van der Waals surface area contributed by atoms with E-state index in [1.807, 2.05) is 0 Å². The molecule has 0 bridgehead atoms. The van der Waals surface area contributed by atoms with Gasteiger partial charge in [-0.3, -0.25) is 0 Å². The van der Waals surface area contributed by atoms with E-state index in [1.165, 1.54) is 6.07 Å². The summed E-state index contributed by atoms with van der Waals surface area (Å²) in [7, 11) is -9.67. The number of hydrogen-bond acceptors (Lipinski definition) is 0. The third-order valence-electron chi connectivity index (χ3n) is 3.31. The van der Waals surface area contributed by atoms with Crippen molar-refractivity contribution in [1.29, 1.82) is 0 Å². The highest BCUT2D eigenvalue weighted by molar-refractivity contribution is 8.45. The van der Waals surface area contributed by atoms with E-state index < -0.39 is 21.0 Å². The molecule has 0 aliphatic carbocycles. The van der Waals surface area contributed by atoms with Crippen LogP contribution in [-0.4, -0.2) is 0 Å².